The van der Waals surface area contributed by atoms with E-state index in [0.717, 1.165) is 21.0 Å². The zero-order chi connectivity index (χ0) is 22.1. The molecule has 6 nitrogen and oxygen atoms in total. The smallest absolute Gasteiger partial charge is 0.424 e. The number of rotatable bonds is 4. The summed E-state index contributed by atoms with van der Waals surface area (Å²) in [5.41, 5.74) is 1.93. The van der Waals surface area contributed by atoms with Crippen molar-refractivity contribution in [1.82, 2.24) is 4.31 Å². The monoisotopic (exact) mass is 451 g/mol. The van der Waals surface area contributed by atoms with Gasteiger partial charge in [0.1, 0.15) is 5.60 Å². The van der Waals surface area contributed by atoms with Gasteiger partial charge < -0.3 is 9.84 Å². The molecule has 30 heavy (non-hydrogen) atoms. The molecular weight excluding hydrogens is 426 g/mol. The maximum atomic E-state index is 13.4. The van der Waals surface area contributed by atoms with E-state index in [0.29, 0.717) is 24.3 Å². The third-order valence-corrected chi connectivity index (χ3v) is 7.08. The zero-order valence-electron chi connectivity index (χ0n) is 17.3. The van der Waals surface area contributed by atoms with Crippen LogP contribution in [0.15, 0.2) is 47.4 Å². The Labute approximate surface area is 182 Å². The molecule has 0 saturated carbocycles. The van der Waals surface area contributed by atoms with Crippen molar-refractivity contribution in [3.05, 3.63) is 64.2 Å². The molecule has 8 heteroatoms. The second-order valence-corrected chi connectivity index (χ2v) is 10.6. The number of halogens is 1. The van der Waals surface area contributed by atoms with Crippen molar-refractivity contribution >= 4 is 27.7 Å². The normalized spacial score (nSPS) is 16.6. The molecule has 3 rings (SSSR count). The van der Waals surface area contributed by atoms with E-state index < -0.39 is 27.8 Å². The summed E-state index contributed by atoms with van der Waals surface area (Å²) in [7, 11) is -4.16. The van der Waals surface area contributed by atoms with E-state index in [1.165, 1.54) is 24.3 Å². The zero-order valence-corrected chi connectivity index (χ0v) is 18.8. The molecule has 0 bridgehead atoms. The van der Waals surface area contributed by atoms with E-state index in [4.69, 9.17) is 16.3 Å². The molecule has 1 aliphatic carbocycles. The Morgan fingerprint density at radius 1 is 1.20 bits per heavy atom. The SMILES string of the molecule is CC(C)(C)OC(=O)N(C1CCc2c(CO)cccc2C1)S(=O)(=O)c1ccc(Cl)cc1. The molecule has 1 amide bonds. The predicted molar refractivity (Wildman–Crippen MR) is 115 cm³/mol. The Morgan fingerprint density at radius 2 is 1.87 bits per heavy atom. The van der Waals surface area contributed by atoms with Crippen molar-refractivity contribution in [2.45, 2.75) is 63.2 Å². The Morgan fingerprint density at radius 3 is 2.47 bits per heavy atom. The number of hydrogen-bond acceptors (Lipinski definition) is 5. The van der Waals surface area contributed by atoms with Gasteiger partial charge in [-0.05, 0) is 81.0 Å². The lowest BCUT2D eigenvalue weighted by Crippen LogP contribution is -2.49. The summed E-state index contributed by atoms with van der Waals surface area (Å²) in [6.07, 6.45) is 0.460. The Balaban J connectivity index is 2.02. The molecule has 0 spiro atoms. The number of nitrogens with zero attached hydrogens (tertiary/aromatic N) is 1. The molecule has 0 aromatic heterocycles. The van der Waals surface area contributed by atoms with Crippen LogP contribution in [0.4, 0.5) is 4.79 Å². The molecule has 1 aliphatic rings. The Kier molecular flexibility index (Phi) is 6.45. The number of fused-ring (bicyclic) bond motifs is 1. The van der Waals surface area contributed by atoms with Crippen LogP contribution in [0.5, 0.6) is 0 Å². The Bertz CT molecular complexity index is 1030. The molecule has 0 saturated heterocycles. The van der Waals surface area contributed by atoms with Gasteiger partial charge in [-0.2, -0.15) is 4.31 Å². The number of aliphatic hydroxyl groups excluding tert-OH is 1. The lowest BCUT2D eigenvalue weighted by Gasteiger charge is -2.35. The van der Waals surface area contributed by atoms with Gasteiger partial charge in [-0.3, -0.25) is 0 Å². The van der Waals surface area contributed by atoms with Crippen LogP contribution in [0.2, 0.25) is 5.02 Å². The largest absolute Gasteiger partial charge is 0.443 e. The van der Waals surface area contributed by atoms with Gasteiger partial charge in [0.15, 0.2) is 0 Å². The maximum Gasteiger partial charge on any atom is 0.424 e. The van der Waals surface area contributed by atoms with E-state index in [-0.39, 0.29) is 11.5 Å². The molecule has 0 heterocycles. The minimum atomic E-state index is -4.16. The average molecular weight is 452 g/mol. The summed E-state index contributed by atoms with van der Waals surface area (Å²) in [5, 5.41) is 10.00. The quantitative estimate of drug-likeness (QED) is 0.748. The number of sulfonamides is 1. The first kappa shape index (κ1) is 22.6. The first-order valence-electron chi connectivity index (χ1n) is 9.76. The molecular formula is C22H26ClNO5S. The summed E-state index contributed by atoms with van der Waals surface area (Å²) in [6.45, 7) is 5.01. The second-order valence-electron chi connectivity index (χ2n) is 8.34. The van der Waals surface area contributed by atoms with Crippen molar-refractivity contribution in [1.29, 1.82) is 0 Å². The first-order chi connectivity index (χ1) is 14.0. The van der Waals surface area contributed by atoms with E-state index >= 15 is 0 Å². The van der Waals surface area contributed by atoms with Gasteiger partial charge in [0.05, 0.1) is 17.5 Å². The lowest BCUT2D eigenvalue weighted by atomic mass is 9.85. The minimum Gasteiger partial charge on any atom is -0.443 e. The van der Waals surface area contributed by atoms with Gasteiger partial charge in [-0.1, -0.05) is 29.8 Å². The number of aliphatic hydroxyl groups is 1. The molecule has 0 radical (unpaired) electrons. The van der Waals surface area contributed by atoms with E-state index in [1.807, 2.05) is 18.2 Å². The van der Waals surface area contributed by atoms with Crippen molar-refractivity contribution in [3.63, 3.8) is 0 Å². The van der Waals surface area contributed by atoms with Crippen molar-refractivity contribution in [2.75, 3.05) is 0 Å². The highest BCUT2D eigenvalue weighted by molar-refractivity contribution is 7.89. The van der Waals surface area contributed by atoms with Gasteiger partial charge >= 0.3 is 6.09 Å². The van der Waals surface area contributed by atoms with Gasteiger partial charge in [0.2, 0.25) is 0 Å². The Hall–Kier alpha value is -2.09. The molecule has 1 N–H and O–H groups in total. The van der Waals surface area contributed by atoms with Crippen molar-refractivity contribution < 1.29 is 23.1 Å². The summed E-state index contributed by atoms with van der Waals surface area (Å²) in [4.78, 5) is 13.0. The van der Waals surface area contributed by atoms with E-state index in [9.17, 15) is 18.3 Å². The number of carbonyl (C=O) groups excluding carboxylic acids is 1. The van der Waals surface area contributed by atoms with Crippen LogP contribution in [-0.4, -0.2) is 35.6 Å². The van der Waals surface area contributed by atoms with Gasteiger partial charge in [-0.25, -0.2) is 13.2 Å². The van der Waals surface area contributed by atoms with Crippen molar-refractivity contribution in [2.24, 2.45) is 0 Å². The van der Waals surface area contributed by atoms with Crippen LogP contribution in [-0.2, 0) is 34.2 Å². The second kappa shape index (κ2) is 8.57. The first-order valence-corrected chi connectivity index (χ1v) is 11.6. The highest BCUT2D eigenvalue weighted by atomic mass is 35.5. The summed E-state index contributed by atoms with van der Waals surface area (Å²) in [6, 6.07) is 10.7. The fourth-order valence-corrected chi connectivity index (χ4v) is 5.32. The molecule has 0 aliphatic heterocycles. The van der Waals surface area contributed by atoms with Crippen LogP contribution in [0.1, 0.15) is 43.9 Å². The molecule has 162 valence electrons. The number of carbonyl (C=O) groups is 1. The van der Waals surface area contributed by atoms with Crippen LogP contribution in [0.3, 0.4) is 0 Å². The standard InChI is InChI=1S/C22H26ClNO5S/c1-22(2,3)29-21(26)24(30(27,28)19-10-7-17(23)8-11-19)18-9-12-20-15(13-18)5-4-6-16(20)14-25/h4-8,10-11,18,25H,9,12-14H2,1-3H3. The molecule has 1 unspecified atom stereocenters. The number of ether oxygens (including phenoxy) is 1. The highest BCUT2D eigenvalue weighted by Crippen LogP contribution is 2.32. The van der Waals surface area contributed by atoms with Gasteiger partial charge in [-0.15, -0.1) is 0 Å². The molecule has 2 aromatic rings. The van der Waals surface area contributed by atoms with E-state index in [1.54, 1.807) is 20.8 Å². The van der Waals surface area contributed by atoms with Crippen LogP contribution < -0.4 is 0 Å². The number of benzene rings is 2. The lowest BCUT2D eigenvalue weighted by molar-refractivity contribution is 0.0329. The summed E-state index contributed by atoms with van der Waals surface area (Å²) >= 11 is 5.90. The predicted octanol–water partition coefficient (Wildman–Crippen LogP) is 4.32. The van der Waals surface area contributed by atoms with Crippen molar-refractivity contribution in [3.8, 4) is 0 Å². The molecule has 2 aromatic carbocycles. The van der Waals surface area contributed by atoms with Gasteiger partial charge in [0, 0.05) is 5.02 Å². The topological polar surface area (TPSA) is 83.9 Å². The summed E-state index contributed by atoms with van der Waals surface area (Å²) in [5.74, 6) is 0. The van der Waals surface area contributed by atoms with Crippen LogP contribution in [0, 0.1) is 0 Å². The third kappa shape index (κ3) is 4.79. The fraction of sp³-hybridized carbons (Fsp3) is 0.409. The van der Waals surface area contributed by atoms with Crippen LogP contribution in [0.25, 0.3) is 0 Å². The van der Waals surface area contributed by atoms with Crippen LogP contribution >= 0.6 is 11.6 Å². The summed E-state index contributed by atoms with van der Waals surface area (Å²) < 4.78 is 33.2. The number of amides is 1. The maximum absolute atomic E-state index is 13.4. The highest BCUT2D eigenvalue weighted by Gasteiger charge is 2.40. The fourth-order valence-electron chi connectivity index (χ4n) is 3.69. The minimum absolute atomic E-state index is 0.0207. The molecule has 0 fully saturated rings. The molecule has 1 atom stereocenters. The van der Waals surface area contributed by atoms with E-state index in [2.05, 4.69) is 0 Å². The third-order valence-electron chi connectivity index (χ3n) is 5.00. The average Bonchev–Trinajstić information content (AvgIpc) is 2.66. The van der Waals surface area contributed by atoms with Gasteiger partial charge in [0.25, 0.3) is 10.0 Å². The number of hydrogen-bond donors (Lipinski definition) is 1.